The first kappa shape index (κ1) is 14.8. The Balaban J connectivity index is 2.01. The number of hydrogen-bond acceptors (Lipinski definition) is 4. The molecule has 1 fully saturated rings. The molecule has 1 aliphatic rings. The Morgan fingerprint density at radius 1 is 1.40 bits per heavy atom. The van der Waals surface area contributed by atoms with Gasteiger partial charge in [0.15, 0.2) is 0 Å². The molecule has 0 atom stereocenters. The molecule has 2 rings (SSSR count). The first-order chi connectivity index (χ1) is 9.72. The number of amides is 1. The monoisotopic (exact) mass is 276 g/mol. The fraction of sp³-hybridized carbons (Fsp3) is 0.600. The number of nitrogens with zero attached hydrogens (tertiary/aromatic N) is 1. The molecule has 0 bridgehead atoms. The summed E-state index contributed by atoms with van der Waals surface area (Å²) in [6.45, 7) is 2.86. The molecule has 0 unspecified atom stereocenters. The van der Waals surface area contributed by atoms with Crippen LogP contribution >= 0.6 is 0 Å². The van der Waals surface area contributed by atoms with Crippen molar-refractivity contribution >= 4 is 11.7 Å². The normalized spacial score (nSPS) is 15.3. The van der Waals surface area contributed by atoms with Crippen LogP contribution in [0.2, 0.25) is 0 Å². The van der Waals surface area contributed by atoms with Crippen LogP contribution in [0, 0.1) is 5.92 Å². The second kappa shape index (κ2) is 7.24. The van der Waals surface area contributed by atoms with Crippen molar-refractivity contribution in [1.29, 1.82) is 0 Å². The van der Waals surface area contributed by atoms with Crippen LogP contribution in [0.3, 0.4) is 0 Å². The van der Waals surface area contributed by atoms with Gasteiger partial charge in [0.2, 0.25) is 0 Å². The third-order valence-electron chi connectivity index (χ3n) is 3.82. The van der Waals surface area contributed by atoms with Crippen molar-refractivity contribution in [3.63, 3.8) is 0 Å². The molecule has 1 aromatic rings. The molecule has 0 radical (unpaired) electrons. The van der Waals surface area contributed by atoms with Crippen molar-refractivity contribution in [3.8, 4) is 0 Å². The largest absolute Gasteiger partial charge is 0.352 e. The number of hydrogen-bond donors (Lipinski definition) is 3. The zero-order valence-electron chi connectivity index (χ0n) is 12.1. The molecular formula is C15H24N4O. The Kier molecular flexibility index (Phi) is 5.35. The highest BCUT2D eigenvalue weighted by atomic mass is 16.1. The number of rotatable bonds is 6. The van der Waals surface area contributed by atoms with E-state index in [4.69, 9.17) is 5.84 Å². The van der Waals surface area contributed by atoms with Gasteiger partial charge >= 0.3 is 0 Å². The molecule has 0 aliphatic heterocycles. The predicted octanol–water partition coefficient (Wildman–Crippen LogP) is 2.24. The minimum Gasteiger partial charge on any atom is -0.352 e. The number of nitrogen functional groups attached to an aromatic ring is 1. The lowest BCUT2D eigenvalue weighted by Crippen LogP contribution is -2.28. The van der Waals surface area contributed by atoms with Crippen molar-refractivity contribution in [1.82, 2.24) is 10.3 Å². The van der Waals surface area contributed by atoms with Gasteiger partial charge in [-0.1, -0.05) is 26.2 Å². The standard InChI is InChI=1S/C15H24N4O/c1-2-5-13-8-12(9-14(18-13)19-16)15(20)17-10-11-6-3-4-7-11/h8-9,11H,2-7,10,16H2,1H3,(H,17,20)(H,18,19). The minimum atomic E-state index is -0.0341. The van der Waals surface area contributed by atoms with Gasteiger partial charge in [0, 0.05) is 17.8 Å². The third kappa shape index (κ3) is 3.93. The second-order valence-electron chi connectivity index (χ2n) is 5.49. The predicted molar refractivity (Wildman–Crippen MR) is 80.3 cm³/mol. The summed E-state index contributed by atoms with van der Waals surface area (Å²) in [6.07, 6.45) is 6.87. The van der Waals surface area contributed by atoms with Crippen LogP contribution in [0.1, 0.15) is 55.1 Å². The molecule has 20 heavy (non-hydrogen) atoms. The van der Waals surface area contributed by atoms with Crippen molar-refractivity contribution in [2.45, 2.75) is 45.4 Å². The lowest BCUT2D eigenvalue weighted by Gasteiger charge is -2.12. The van der Waals surface area contributed by atoms with Crippen molar-refractivity contribution < 1.29 is 4.79 Å². The molecule has 1 aliphatic carbocycles. The molecule has 1 aromatic heterocycles. The van der Waals surface area contributed by atoms with Crippen molar-refractivity contribution in [2.75, 3.05) is 12.0 Å². The molecule has 1 heterocycles. The highest BCUT2D eigenvalue weighted by molar-refractivity contribution is 5.95. The summed E-state index contributed by atoms with van der Waals surface area (Å²) in [7, 11) is 0. The number of nitrogens with one attached hydrogen (secondary N) is 2. The zero-order valence-corrected chi connectivity index (χ0v) is 12.1. The van der Waals surface area contributed by atoms with Gasteiger partial charge in [0.05, 0.1) is 0 Å². The Morgan fingerprint density at radius 2 is 2.15 bits per heavy atom. The number of nitrogens with two attached hydrogens (primary N) is 1. The average molecular weight is 276 g/mol. The van der Waals surface area contributed by atoms with Crippen LogP contribution in [0.15, 0.2) is 12.1 Å². The Bertz CT molecular complexity index is 455. The van der Waals surface area contributed by atoms with E-state index in [-0.39, 0.29) is 5.91 Å². The lowest BCUT2D eigenvalue weighted by molar-refractivity contribution is 0.0947. The molecule has 5 heteroatoms. The van der Waals surface area contributed by atoms with E-state index in [0.717, 1.165) is 25.1 Å². The highest BCUT2D eigenvalue weighted by Crippen LogP contribution is 2.23. The third-order valence-corrected chi connectivity index (χ3v) is 3.82. The number of anilines is 1. The fourth-order valence-corrected chi connectivity index (χ4v) is 2.73. The van der Waals surface area contributed by atoms with Gasteiger partial charge in [-0.05, 0) is 37.3 Å². The van der Waals surface area contributed by atoms with E-state index in [1.54, 1.807) is 6.07 Å². The molecule has 110 valence electrons. The van der Waals surface area contributed by atoms with Gasteiger partial charge in [-0.15, -0.1) is 0 Å². The molecule has 5 nitrogen and oxygen atoms in total. The van der Waals surface area contributed by atoms with Gasteiger partial charge in [-0.2, -0.15) is 0 Å². The summed E-state index contributed by atoms with van der Waals surface area (Å²) in [5, 5.41) is 3.03. The van der Waals surface area contributed by atoms with E-state index >= 15 is 0 Å². The second-order valence-corrected chi connectivity index (χ2v) is 5.49. The maximum Gasteiger partial charge on any atom is 0.251 e. The van der Waals surface area contributed by atoms with Crippen molar-refractivity contribution in [3.05, 3.63) is 23.4 Å². The molecule has 0 saturated heterocycles. The first-order valence-corrected chi connectivity index (χ1v) is 7.48. The smallest absolute Gasteiger partial charge is 0.251 e. The van der Waals surface area contributed by atoms with Crippen LogP contribution < -0.4 is 16.6 Å². The molecule has 1 amide bonds. The Labute approximate surface area is 120 Å². The average Bonchev–Trinajstić information content (AvgIpc) is 2.98. The topological polar surface area (TPSA) is 80.0 Å². The van der Waals surface area contributed by atoms with E-state index in [1.165, 1.54) is 25.7 Å². The number of pyridine rings is 1. The van der Waals surface area contributed by atoms with E-state index < -0.39 is 0 Å². The number of carbonyl (C=O) groups is 1. The number of hydrazine groups is 1. The fourth-order valence-electron chi connectivity index (χ4n) is 2.73. The first-order valence-electron chi connectivity index (χ1n) is 7.48. The van der Waals surface area contributed by atoms with E-state index in [0.29, 0.717) is 17.3 Å². The molecule has 0 aromatic carbocycles. The lowest BCUT2D eigenvalue weighted by atomic mass is 10.1. The van der Waals surface area contributed by atoms with Gasteiger partial charge < -0.3 is 10.7 Å². The maximum absolute atomic E-state index is 12.2. The van der Waals surface area contributed by atoms with E-state index in [9.17, 15) is 4.79 Å². The number of aromatic nitrogens is 1. The number of aryl methyl sites for hydroxylation is 1. The molecule has 0 spiro atoms. The summed E-state index contributed by atoms with van der Waals surface area (Å²) in [6, 6.07) is 3.55. The Hall–Kier alpha value is -1.62. The van der Waals surface area contributed by atoms with Crippen LogP contribution in [0.5, 0.6) is 0 Å². The van der Waals surface area contributed by atoms with Gasteiger partial charge in [0.25, 0.3) is 5.91 Å². The summed E-state index contributed by atoms with van der Waals surface area (Å²) in [4.78, 5) is 16.6. The summed E-state index contributed by atoms with van der Waals surface area (Å²) in [5.74, 6) is 6.56. The summed E-state index contributed by atoms with van der Waals surface area (Å²) in [5.41, 5.74) is 4.06. The van der Waals surface area contributed by atoms with Gasteiger partial charge in [-0.3, -0.25) is 4.79 Å². The van der Waals surface area contributed by atoms with Crippen LogP contribution in [0.25, 0.3) is 0 Å². The molecule has 1 saturated carbocycles. The van der Waals surface area contributed by atoms with E-state index in [2.05, 4.69) is 22.7 Å². The summed E-state index contributed by atoms with van der Waals surface area (Å²) < 4.78 is 0. The number of carbonyl (C=O) groups excluding carboxylic acids is 1. The Morgan fingerprint density at radius 3 is 2.80 bits per heavy atom. The minimum absolute atomic E-state index is 0.0341. The van der Waals surface area contributed by atoms with Crippen LogP contribution in [0.4, 0.5) is 5.82 Å². The maximum atomic E-state index is 12.2. The highest BCUT2D eigenvalue weighted by Gasteiger charge is 2.16. The molecular weight excluding hydrogens is 252 g/mol. The SMILES string of the molecule is CCCc1cc(C(=O)NCC2CCCC2)cc(NN)n1. The van der Waals surface area contributed by atoms with Crippen LogP contribution in [-0.4, -0.2) is 17.4 Å². The quantitative estimate of drug-likeness (QED) is 0.550. The zero-order chi connectivity index (χ0) is 14.4. The van der Waals surface area contributed by atoms with E-state index in [1.807, 2.05) is 6.07 Å². The van der Waals surface area contributed by atoms with Gasteiger partial charge in [0.1, 0.15) is 5.82 Å². The van der Waals surface area contributed by atoms with Gasteiger partial charge in [-0.25, -0.2) is 10.8 Å². The van der Waals surface area contributed by atoms with Crippen molar-refractivity contribution in [2.24, 2.45) is 11.8 Å². The molecule has 4 N–H and O–H groups in total. The summed E-state index contributed by atoms with van der Waals surface area (Å²) >= 11 is 0. The van der Waals surface area contributed by atoms with Crippen LogP contribution in [-0.2, 0) is 6.42 Å².